The Bertz CT molecular complexity index is 1890. The number of benzene rings is 1. The second kappa shape index (κ2) is 11.6. The lowest BCUT2D eigenvalue weighted by Crippen LogP contribution is -2.34. The predicted octanol–water partition coefficient (Wildman–Crippen LogP) is 6.47. The van der Waals surface area contributed by atoms with Crippen LogP contribution < -0.4 is 20.1 Å². The van der Waals surface area contributed by atoms with E-state index in [2.05, 4.69) is 46.4 Å². The Morgan fingerprint density at radius 1 is 0.844 bits per heavy atom. The number of ether oxygens (including phenoxy) is 2. The number of halogens is 2. The molecular formula is C32H27Cl2N7O4. The van der Waals surface area contributed by atoms with Crippen LogP contribution in [-0.2, 0) is 5.66 Å². The minimum absolute atomic E-state index is 0.101. The molecule has 0 bridgehead atoms. The summed E-state index contributed by atoms with van der Waals surface area (Å²) in [5.74, 6) is 0.514. The van der Waals surface area contributed by atoms with E-state index in [1.807, 2.05) is 0 Å². The Morgan fingerprint density at radius 3 is 2.13 bits per heavy atom. The minimum atomic E-state index is -1.42. The summed E-state index contributed by atoms with van der Waals surface area (Å²) in [6.45, 7) is 8.37. The van der Waals surface area contributed by atoms with E-state index in [4.69, 9.17) is 42.7 Å². The Hall–Kier alpha value is -4.87. The molecule has 2 N–H and O–H groups in total. The molecule has 45 heavy (non-hydrogen) atoms. The molecule has 1 atom stereocenters. The van der Waals surface area contributed by atoms with Crippen LogP contribution in [0.1, 0.15) is 59.8 Å². The fraction of sp³-hybridized carbons (Fsp3) is 0.219. The van der Waals surface area contributed by atoms with Gasteiger partial charge in [0.25, 0.3) is 11.8 Å². The third-order valence-corrected chi connectivity index (χ3v) is 7.24. The summed E-state index contributed by atoms with van der Waals surface area (Å²) >= 11 is 11.9. The minimum Gasteiger partial charge on any atom is -0.491 e. The van der Waals surface area contributed by atoms with Crippen molar-refractivity contribution in [2.45, 2.75) is 33.4 Å². The number of aromatic nitrogens is 3. The van der Waals surface area contributed by atoms with Crippen molar-refractivity contribution < 1.29 is 19.1 Å². The van der Waals surface area contributed by atoms with E-state index in [1.165, 1.54) is 24.5 Å². The molecule has 2 aliphatic heterocycles. The van der Waals surface area contributed by atoms with Crippen LogP contribution in [-0.4, -0.2) is 44.9 Å². The topological polar surface area (TPSA) is 140 Å². The maximum absolute atomic E-state index is 13.1. The first kappa shape index (κ1) is 30.2. The number of nitrogens with one attached hydrogen (secondary N) is 2. The SMILES string of the molecule is CC1=NC2(N=C1NC(=O)c1ccc(Cl)cn1)c1cc(NC(=O)c3ccc(Cl)cn3)ccc1Oc1ncc(OCC(C)(C)C)cc12. The first-order chi connectivity index (χ1) is 21.4. The molecule has 0 fully saturated rings. The van der Waals surface area contributed by atoms with Crippen LogP contribution >= 0.6 is 23.2 Å². The first-order valence-corrected chi connectivity index (χ1v) is 14.6. The Kier molecular flexibility index (Phi) is 7.75. The van der Waals surface area contributed by atoms with Gasteiger partial charge in [-0.3, -0.25) is 9.59 Å². The molecule has 1 aromatic carbocycles. The molecule has 228 valence electrons. The lowest BCUT2D eigenvalue weighted by atomic mass is 9.89. The van der Waals surface area contributed by atoms with Gasteiger partial charge in [0.15, 0.2) is 5.84 Å². The lowest BCUT2D eigenvalue weighted by Gasteiger charge is -2.32. The molecule has 0 saturated carbocycles. The highest BCUT2D eigenvalue weighted by Crippen LogP contribution is 2.52. The smallest absolute Gasteiger partial charge is 0.275 e. The maximum atomic E-state index is 13.1. The number of hydrogen-bond donors (Lipinski definition) is 2. The fourth-order valence-electron chi connectivity index (χ4n) is 4.67. The van der Waals surface area contributed by atoms with Crippen LogP contribution in [0.25, 0.3) is 0 Å². The number of aliphatic imine (C=N–C) groups is 2. The number of nitrogens with zero attached hydrogens (tertiary/aromatic N) is 5. The molecular weight excluding hydrogens is 617 g/mol. The normalized spacial score (nSPS) is 16.6. The fourth-order valence-corrected chi connectivity index (χ4v) is 4.89. The summed E-state index contributed by atoms with van der Waals surface area (Å²) < 4.78 is 12.3. The number of amides is 2. The molecule has 5 heterocycles. The van der Waals surface area contributed by atoms with E-state index in [9.17, 15) is 9.59 Å². The van der Waals surface area contributed by atoms with E-state index in [-0.39, 0.29) is 28.5 Å². The van der Waals surface area contributed by atoms with Gasteiger partial charge in [0.1, 0.15) is 22.9 Å². The third-order valence-electron chi connectivity index (χ3n) is 6.79. The molecule has 0 aliphatic carbocycles. The number of carbonyl (C=O) groups is 2. The summed E-state index contributed by atoms with van der Waals surface area (Å²) in [6, 6.07) is 13.1. The highest BCUT2D eigenvalue weighted by Gasteiger charge is 2.47. The van der Waals surface area contributed by atoms with Gasteiger partial charge in [-0.1, -0.05) is 44.0 Å². The van der Waals surface area contributed by atoms with Gasteiger partial charge in [0.05, 0.1) is 39.7 Å². The van der Waals surface area contributed by atoms with Gasteiger partial charge in [0, 0.05) is 18.1 Å². The van der Waals surface area contributed by atoms with E-state index < -0.39 is 17.5 Å². The molecule has 6 rings (SSSR count). The Balaban J connectivity index is 1.42. The van der Waals surface area contributed by atoms with Gasteiger partial charge >= 0.3 is 0 Å². The van der Waals surface area contributed by atoms with Crippen molar-refractivity contribution in [1.82, 2.24) is 20.3 Å². The van der Waals surface area contributed by atoms with Crippen molar-refractivity contribution in [2.24, 2.45) is 15.4 Å². The number of pyridine rings is 3. The van der Waals surface area contributed by atoms with Gasteiger partial charge in [-0.25, -0.2) is 24.9 Å². The van der Waals surface area contributed by atoms with Gasteiger partial charge < -0.3 is 20.1 Å². The van der Waals surface area contributed by atoms with Crippen molar-refractivity contribution in [2.75, 3.05) is 11.9 Å². The van der Waals surface area contributed by atoms with E-state index in [0.29, 0.717) is 50.7 Å². The van der Waals surface area contributed by atoms with Crippen molar-refractivity contribution >= 4 is 52.3 Å². The average Bonchev–Trinajstić information content (AvgIpc) is 3.32. The number of amidine groups is 1. The lowest BCUT2D eigenvalue weighted by molar-refractivity contribution is 0.0971. The molecule has 2 aliphatic rings. The highest BCUT2D eigenvalue weighted by molar-refractivity contribution is 6.44. The number of hydrogen-bond acceptors (Lipinski definition) is 9. The Labute approximate surface area is 268 Å². The highest BCUT2D eigenvalue weighted by atomic mass is 35.5. The third kappa shape index (κ3) is 6.22. The first-order valence-electron chi connectivity index (χ1n) is 13.9. The number of fused-ring (bicyclic) bond motifs is 4. The zero-order chi connectivity index (χ0) is 31.9. The van der Waals surface area contributed by atoms with Crippen LogP contribution in [0.2, 0.25) is 10.0 Å². The van der Waals surface area contributed by atoms with Crippen molar-refractivity contribution in [3.05, 3.63) is 99.7 Å². The zero-order valence-corrected chi connectivity index (χ0v) is 26.2. The summed E-state index contributed by atoms with van der Waals surface area (Å²) in [6.07, 6.45) is 4.37. The summed E-state index contributed by atoms with van der Waals surface area (Å²) in [4.78, 5) is 48.8. The van der Waals surface area contributed by atoms with Gasteiger partial charge in [-0.2, -0.15) is 0 Å². The second-order valence-electron chi connectivity index (χ2n) is 11.6. The molecule has 4 aromatic rings. The van der Waals surface area contributed by atoms with Crippen molar-refractivity contribution in [3.63, 3.8) is 0 Å². The number of anilines is 1. The summed E-state index contributed by atoms with van der Waals surface area (Å²) in [7, 11) is 0. The molecule has 3 aromatic heterocycles. The van der Waals surface area contributed by atoms with Crippen LogP contribution in [0, 0.1) is 5.41 Å². The maximum Gasteiger partial charge on any atom is 0.275 e. The van der Waals surface area contributed by atoms with Crippen LogP contribution in [0.4, 0.5) is 5.69 Å². The predicted molar refractivity (Wildman–Crippen MR) is 171 cm³/mol. The summed E-state index contributed by atoms with van der Waals surface area (Å²) in [5.41, 5.74) is 0.734. The quantitative estimate of drug-likeness (QED) is 0.254. The average molecular weight is 645 g/mol. The zero-order valence-electron chi connectivity index (χ0n) is 24.7. The molecule has 1 spiro atoms. The molecule has 1 unspecified atom stereocenters. The van der Waals surface area contributed by atoms with Crippen LogP contribution in [0.15, 0.2) is 77.1 Å². The van der Waals surface area contributed by atoms with Gasteiger partial charge in [-0.05, 0) is 60.9 Å². The standard InChI is InChI=1S/C32H27Cl2N7O4/c1-17-27(39-29(43)25-9-6-19(34)14-36-25)41-32(40-17)22-11-20(38-28(42)24-8-5-18(33)13-35-24)7-10-26(22)45-30-23(32)12-21(15-37-30)44-16-31(2,3)4/h5-15H,16H2,1-4H3,(H,38,42)(H,39,41,43). The molecule has 0 saturated heterocycles. The van der Waals surface area contributed by atoms with Gasteiger partial charge in [0.2, 0.25) is 11.5 Å². The summed E-state index contributed by atoms with van der Waals surface area (Å²) in [5, 5.41) is 6.51. The molecule has 0 radical (unpaired) electrons. The Morgan fingerprint density at radius 2 is 1.51 bits per heavy atom. The molecule has 11 nitrogen and oxygen atoms in total. The molecule has 2 amide bonds. The van der Waals surface area contributed by atoms with Crippen LogP contribution in [0.3, 0.4) is 0 Å². The largest absolute Gasteiger partial charge is 0.491 e. The van der Waals surface area contributed by atoms with Crippen molar-refractivity contribution in [3.8, 4) is 17.4 Å². The monoisotopic (exact) mass is 643 g/mol. The van der Waals surface area contributed by atoms with E-state index >= 15 is 0 Å². The van der Waals surface area contributed by atoms with E-state index in [0.717, 1.165) is 0 Å². The van der Waals surface area contributed by atoms with E-state index in [1.54, 1.807) is 49.5 Å². The molecule has 13 heteroatoms. The van der Waals surface area contributed by atoms with Crippen molar-refractivity contribution in [1.29, 1.82) is 0 Å². The van der Waals surface area contributed by atoms with Gasteiger partial charge in [-0.15, -0.1) is 0 Å². The number of carbonyl (C=O) groups excluding carboxylic acids is 2. The number of rotatable bonds is 5. The second-order valence-corrected chi connectivity index (χ2v) is 12.5. The van der Waals surface area contributed by atoms with Crippen LogP contribution in [0.5, 0.6) is 17.4 Å².